The zero-order valence-corrected chi connectivity index (χ0v) is 23.6. The molecule has 0 spiro atoms. The Bertz CT molecular complexity index is 1460. The molecule has 1 aliphatic rings. The first-order valence-corrected chi connectivity index (χ1v) is 13.7. The number of nitrogens with one attached hydrogen (secondary N) is 1. The Kier molecular flexibility index (Phi) is 10.0. The van der Waals surface area contributed by atoms with Crippen molar-refractivity contribution in [1.82, 2.24) is 5.32 Å². The Balaban J connectivity index is 1.62. The van der Waals surface area contributed by atoms with Gasteiger partial charge in [-0.25, -0.2) is 4.99 Å². The van der Waals surface area contributed by atoms with E-state index < -0.39 is 47.6 Å². The molecule has 1 aliphatic heterocycles. The zero-order valence-electron chi connectivity index (χ0n) is 23.6. The fourth-order valence-electron chi connectivity index (χ4n) is 4.58. The topological polar surface area (TPSA) is 80.2 Å². The molecule has 2 atom stereocenters. The summed E-state index contributed by atoms with van der Waals surface area (Å²) in [5.74, 6) is -0.0447. The minimum Gasteiger partial charge on any atom is -0.494 e. The minimum absolute atomic E-state index is 0.0132. The zero-order chi connectivity index (χ0) is 32.0. The van der Waals surface area contributed by atoms with Gasteiger partial charge in [0, 0.05) is 31.6 Å². The summed E-state index contributed by atoms with van der Waals surface area (Å²) in [6.45, 7) is 1.32. The standard InChI is InChI=1S/C32H30F6N2O4/c1-21-30(14-5-9-22-7-3-2-4-8-22,40-28(44-21)24-10-12-27(13-11-24)43-16-6-15-41)29(42)39-20-23-17-25(31(33,34)35)19-26(18-23)32(36,37)38/h2-5,7-13,17-19,21,41H,6,14-16,20H2,1H3,(H,39,42)/b9-5+/t21-,30-/m1/s1. The largest absolute Gasteiger partial charge is 0.494 e. The molecule has 0 aliphatic carbocycles. The van der Waals surface area contributed by atoms with Crippen molar-refractivity contribution in [3.8, 4) is 5.75 Å². The van der Waals surface area contributed by atoms with Gasteiger partial charge in [0.15, 0.2) is 5.54 Å². The van der Waals surface area contributed by atoms with E-state index in [2.05, 4.69) is 10.3 Å². The maximum absolute atomic E-state index is 13.7. The van der Waals surface area contributed by atoms with Gasteiger partial charge in [0.1, 0.15) is 11.9 Å². The van der Waals surface area contributed by atoms with E-state index >= 15 is 0 Å². The van der Waals surface area contributed by atoms with E-state index in [1.807, 2.05) is 30.3 Å². The predicted molar refractivity (Wildman–Crippen MR) is 152 cm³/mol. The van der Waals surface area contributed by atoms with Crippen LogP contribution in [0.3, 0.4) is 0 Å². The maximum atomic E-state index is 13.7. The second-order valence-electron chi connectivity index (χ2n) is 10.2. The highest BCUT2D eigenvalue weighted by Gasteiger charge is 2.49. The van der Waals surface area contributed by atoms with E-state index in [4.69, 9.17) is 14.6 Å². The van der Waals surface area contributed by atoms with E-state index in [0.29, 0.717) is 36.5 Å². The van der Waals surface area contributed by atoms with Crippen LogP contribution < -0.4 is 10.1 Å². The lowest BCUT2D eigenvalue weighted by molar-refractivity contribution is -0.143. The molecule has 6 nitrogen and oxygen atoms in total. The number of amides is 1. The highest BCUT2D eigenvalue weighted by molar-refractivity contribution is 6.00. The van der Waals surface area contributed by atoms with E-state index in [1.165, 1.54) is 0 Å². The van der Waals surface area contributed by atoms with Crippen molar-refractivity contribution in [1.29, 1.82) is 0 Å². The molecule has 0 aromatic heterocycles. The Labute approximate surface area is 250 Å². The van der Waals surface area contributed by atoms with Gasteiger partial charge in [0.2, 0.25) is 5.90 Å². The molecule has 0 saturated heterocycles. The van der Waals surface area contributed by atoms with Crippen LogP contribution in [0.5, 0.6) is 5.75 Å². The lowest BCUT2D eigenvalue weighted by Crippen LogP contribution is -2.50. The molecule has 0 saturated carbocycles. The summed E-state index contributed by atoms with van der Waals surface area (Å²) in [5, 5.41) is 11.4. The Morgan fingerprint density at radius 1 is 1.00 bits per heavy atom. The lowest BCUT2D eigenvalue weighted by atomic mass is 9.88. The van der Waals surface area contributed by atoms with Gasteiger partial charge < -0.3 is 19.9 Å². The first-order valence-electron chi connectivity index (χ1n) is 13.7. The first-order chi connectivity index (χ1) is 20.8. The summed E-state index contributed by atoms with van der Waals surface area (Å²) in [7, 11) is 0. The third kappa shape index (κ3) is 7.98. The van der Waals surface area contributed by atoms with Gasteiger partial charge in [-0.05, 0) is 60.5 Å². The van der Waals surface area contributed by atoms with Gasteiger partial charge in [-0.1, -0.05) is 42.5 Å². The van der Waals surface area contributed by atoms with Crippen LogP contribution in [-0.2, 0) is 28.4 Å². The van der Waals surface area contributed by atoms with Gasteiger partial charge in [0.25, 0.3) is 5.91 Å². The second kappa shape index (κ2) is 13.5. The van der Waals surface area contributed by atoms with Crippen LogP contribution in [0, 0.1) is 0 Å². The van der Waals surface area contributed by atoms with Crippen molar-refractivity contribution in [3.63, 3.8) is 0 Å². The van der Waals surface area contributed by atoms with Gasteiger partial charge >= 0.3 is 12.4 Å². The van der Waals surface area contributed by atoms with Gasteiger partial charge in [-0.15, -0.1) is 0 Å². The van der Waals surface area contributed by atoms with Crippen molar-refractivity contribution in [2.75, 3.05) is 13.2 Å². The number of nitrogens with zero attached hydrogens (tertiary/aromatic N) is 1. The second-order valence-corrected chi connectivity index (χ2v) is 10.2. The number of aliphatic hydroxyl groups is 1. The van der Waals surface area contributed by atoms with E-state index in [1.54, 1.807) is 43.3 Å². The van der Waals surface area contributed by atoms with Crippen LogP contribution in [0.4, 0.5) is 26.3 Å². The van der Waals surface area contributed by atoms with Crippen LogP contribution in [-0.4, -0.2) is 41.8 Å². The third-order valence-corrected chi connectivity index (χ3v) is 6.97. The number of aliphatic hydroxyl groups excluding tert-OH is 1. The number of hydrogen-bond acceptors (Lipinski definition) is 5. The van der Waals surface area contributed by atoms with Gasteiger partial charge in [-0.2, -0.15) is 26.3 Å². The minimum atomic E-state index is -5.02. The van der Waals surface area contributed by atoms with Crippen LogP contribution in [0.2, 0.25) is 0 Å². The molecule has 0 unspecified atom stereocenters. The molecule has 2 N–H and O–H groups in total. The molecule has 44 heavy (non-hydrogen) atoms. The van der Waals surface area contributed by atoms with Crippen LogP contribution >= 0.6 is 0 Å². The Morgan fingerprint density at radius 2 is 1.64 bits per heavy atom. The molecule has 1 heterocycles. The highest BCUT2D eigenvalue weighted by Crippen LogP contribution is 2.37. The normalized spacial score (nSPS) is 18.6. The van der Waals surface area contributed by atoms with Crippen molar-refractivity contribution in [2.24, 2.45) is 4.99 Å². The maximum Gasteiger partial charge on any atom is 0.416 e. The summed E-state index contributed by atoms with van der Waals surface area (Å²) < 4.78 is 91.7. The number of hydrogen-bond donors (Lipinski definition) is 2. The monoisotopic (exact) mass is 620 g/mol. The number of ether oxygens (including phenoxy) is 2. The van der Waals surface area contributed by atoms with Crippen molar-refractivity contribution >= 4 is 17.9 Å². The smallest absolute Gasteiger partial charge is 0.416 e. The number of alkyl halides is 6. The fourth-order valence-corrected chi connectivity index (χ4v) is 4.58. The summed E-state index contributed by atoms with van der Waals surface area (Å²) in [5.41, 5.74) is -3.52. The number of carbonyl (C=O) groups is 1. The number of aliphatic imine (C=N–C) groups is 1. The van der Waals surface area contributed by atoms with E-state index in [-0.39, 0.29) is 30.6 Å². The lowest BCUT2D eigenvalue weighted by Gasteiger charge is -2.27. The molecule has 234 valence electrons. The van der Waals surface area contributed by atoms with Crippen LogP contribution in [0.25, 0.3) is 6.08 Å². The van der Waals surface area contributed by atoms with Crippen molar-refractivity contribution in [3.05, 3.63) is 107 Å². The summed E-state index contributed by atoms with van der Waals surface area (Å²) in [6.07, 6.45) is -6.91. The molecule has 4 rings (SSSR count). The Hall–Kier alpha value is -4.32. The molecule has 1 amide bonds. The number of rotatable bonds is 11. The highest BCUT2D eigenvalue weighted by atomic mass is 19.4. The average Bonchev–Trinajstić information content (AvgIpc) is 3.32. The fraction of sp³-hybridized carbons (Fsp3) is 0.312. The summed E-state index contributed by atoms with van der Waals surface area (Å²) >= 11 is 0. The molecule has 0 fully saturated rings. The van der Waals surface area contributed by atoms with Gasteiger partial charge in [0.05, 0.1) is 17.7 Å². The van der Waals surface area contributed by atoms with Crippen molar-refractivity contribution < 1.29 is 45.7 Å². The summed E-state index contributed by atoms with van der Waals surface area (Å²) in [6, 6.07) is 17.1. The quantitative estimate of drug-likeness (QED) is 0.182. The molecule has 12 heteroatoms. The SMILES string of the molecule is C[C@H]1OC(c2ccc(OCCCO)cc2)=N[C@@]1(C/C=C/c1ccccc1)C(=O)NCc1cc(C(F)(F)F)cc(C(F)(F)F)c1. The van der Waals surface area contributed by atoms with E-state index in [9.17, 15) is 31.1 Å². The predicted octanol–water partition coefficient (Wildman–Crippen LogP) is 6.81. The molecular weight excluding hydrogens is 590 g/mol. The Morgan fingerprint density at radius 3 is 2.23 bits per heavy atom. The average molecular weight is 621 g/mol. The third-order valence-electron chi connectivity index (χ3n) is 6.97. The van der Waals surface area contributed by atoms with Gasteiger partial charge in [-0.3, -0.25) is 4.79 Å². The number of halogens is 6. The molecule has 0 bridgehead atoms. The van der Waals surface area contributed by atoms with Crippen molar-refractivity contribution in [2.45, 2.75) is 50.3 Å². The van der Waals surface area contributed by atoms with Crippen LogP contribution in [0.15, 0.2) is 83.9 Å². The van der Waals surface area contributed by atoms with E-state index in [0.717, 1.165) is 5.56 Å². The molecule has 3 aromatic carbocycles. The molecule has 3 aromatic rings. The summed E-state index contributed by atoms with van der Waals surface area (Å²) in [4.78, 5) is 18.3. The molecular formula is C32H30F6N2O4. The number of carbonyl (C=O) groups excluding carboxylic acids is 1. The molecule has 0 radical (unpaired) electrons. The first kappa shape index (κ1) is 32.6. The van der Waals surface area contributed by atoms with Crippen LogP contribution in [0.1, 0.15) is 47.6 Å². The number of benzene rings is 3.